The van der Waals surface area contributed by atoms with Gasteiger partial charge in [0.2, 0.25) is 10.0 Å². The second-order valence-electron chi connectivity index (χ2n) is 3.89. The minimum absolute atomic E-state index is 0.419. The first-order valence-electron chi connectivity index (χ1n) is 5.74. The number of carbonyl (C=O) groups excluding carboxylic acids is 2. The lowest BCUT2D eigenvalue weighted by atomic mass is 10.3. The van der Waals surface area contributed by atoms with Crippen molar-refractivity contribution in [2.24, 2.45) is 0 Å². The molecule has 0 aliphatic carbocycles. The van der Waals surface area contributed by atoms with Crippen molar-refractivity contribution < 1.29 is 32.6 Å². The van der Waals surface area contributed by atoms with Crippen LogP contribution in [0.25, 0.3) is 0 Å². The van der Waals surface area contributed by atoms with Crippen LogP contribution < -0.4 is 0 Å². The van der Waals surface area contributed by atoms with E-state index in [2.05, 4.69) is 9.47 Å². The third-order valence-corrected chi connectivity index (χ3v) is 4.39. The predicted octanol–water partition coefficient (Wildman–Crippen LogP) is -0.271. The first-order valence-corrected chi connectivity index (χ1v) is 7.18. The molecule has 0 amide bonds. The molecule has 0 unspecified atom stereocenters. The molecule has 0 aliphatic rings. The molecule has 0 saturated heterocycles. The second-order valence-corrected chi connectivity index (χ2v) is 5.80. The fraction of sp³-hybridized carbons (Fsp3) is 0.333. The van der Waals surface area contributed by atoms with E-state index in [1.807, 2.05) is 0 Å². The van der Waals surface area contributed by atoms with E-state index in [1.165, 1.54) is 18.2 Å². The van der Waals surface area contributed by atoms with E-state index in [-0.39, 0.29) is 0 Å². The summed E-state index contributed by atoms with van der Waals surface area (Å²) in [5.74, 6) is -2.19. The highest BCUT2D eigenvalue weighted by atomic mass is 32.2. The van der Waals surface area contributed by atoms with Crippen LogP contribution in [0.5, 0.6) is 5.75 Å². The fourth-order valence-corrected chi connectivity index (χ4v) is 2.87. The number of hydrogen-bond acceptors (Lipinski definition) is 7. The van der Waals surface area contributed by atoms with E-state index in [0.29, 0.717) is 4.31 Å². The summed E-state index contributed by atoms with van der Waals surface area (Å²) >= 11 is 0. The van der Waals surface area contributed by atoms with Crippen molar-refractivity contribution >= 4 is 22.0 Å². The number of benzene rings is 1. The zero-order chi connectivity index (χ0) is 16.0. The van der Waals surface area contributed by atoms with Gasteiger partial charge in [-0.05, 0) is 12.1 Å². The van der Waals surface area contributed by atoms with E-state index in [1.54, 1.807) is 0 Å². The Morgan fingerprint density at radius 2 is 1.57 bits per heavy atom. The average molecular weight is 317 g/mol. The van der Waals surface area contributed by atoms with E-state index >= 15 is 0 Å². The maximum absolute atomic E-state index is 12.4. The standard InChI is InChI=1S/C12H15NO7S/c1-19-11(15)7-13(8-12(16)20-2)21(17,18)10-6-4-3-5-9(10)14/h3-6,14H,7-8H2,1-2H3. The van der Waals surface area contributed by atoms with Crippen LogP contribution in [0.3, 0.4) is 0 Å². The molecule has 0 atom stereocenters. The van der Waals surface area contributed by atoms with Crippen molar-refractivity contribution in [3.63, 3.8) is 0 Å². The topological polar surface area (TPSA) is 110 Å². The summed E-state index contributed by atoms with van der Waals surface area (Å²) in [7, 11) is -2.08. The molecule has 0 fully saturated rings. The van der Waals surface area contributed by atoms with Gasteiger partial charge in [0.05, 0.1) is 14.2 Å². The van der Waals surface area contributed by atoms with E-state index in [4.69, 9.17) is 0 Å². The summed E-state index contributed by atoms with van der Waals surface area (Å²) in [4.78, 5) is 22.2. The van der Waals surface area contributed by atoms with Crippen LogP contribution in [-0.4, -0.2) is 57.1 Å². The van der Waals surface area contributed by atoms with Gasteiger partial charge in [-0.2, -0.15) is 4.31 Å². The van der Waals surface area contributed by atoms with Gasteiger partial charge >= 0.3 is 11.9 Å². The molecule has 0 saturated carbocycles. The van der Waals surface area contributed by atoms with Crippen LogP contribution >= 0.6 is 0 Å². The van der Waals surface area contributed by atoms with E-state index in [0.717, 1.165) is 20.3 Å². The number of nitrogens with zero attached hydrogens (tertiary/aromatic N) is 1. The van der Waals surface area contributed by atoms with Crippen molar-refractivity contribution in [3.8, 4) is 5.75 Å². The average Bonchev–Trinajstić information content (AvgIpc) is 2.46. The Morgan fingerprint density at radius 1 is 1.10 bits per heavy atom. The number of carbonyl (C=O) groups is 2. The molecule has 9 heteroatoms. The second kappa shape index (κ2) is 7.04. The molecule has 0 aromatic heterocycles. The van der Waals surface area contributed by atoms with Crippen LogP contribution in [-0.2, 0) is 29.1 Å². The van der Waals surface area contributed by atoms with Gasteiger partial charge < -0.3 is 14.6 Å². The molecule has 0 heterocycles. The Balaban J connectivity index is 3.19. The number of rotatable bonds is 6. The summed E-state index contributed by atoms with van der Waals surface area (Å²) in [5.41, 5.74) is 0. The molecular weight excluding hydrogens is 302 g/mol. The van der Waals surface area contributed by atoms with Gasteiger partial charge in [-0.25, -0.2) is 8.42 Å². The third-order valence-electron chi connectivity index (χ3n) is 2.55. The highest BCUT2D eigenvalue weighted by molar-refractivity contribution is 7.89. The maximum Gasteiger partial charge on any atom is 0.321 e. The maximum atomic E-state index is 12.4. The molecule has 116 valence electrons. The van der Waals surface area contributed by atoms with Crippen molar-refractivity contribution in [1.29, 1.82) is 0 Å². The zero-order valence-electron chi connectivity index (χ0n) is 11.5. The minimum atomic E-state index is -4.26. The van der Waals surface area contributed by atoms with Crippen molar-refractivity contribution in [3.05, 3.63) is 24.3 Å². The monoisotopic (exact) mass is 317 g/mol. The van der Waals surface area contributed by atoms with Crippen molar-refractivity contribution in [2.75, 3.05) is 27.3 Å². The van der Waals surface area contributed by atoms with Gasteiger partial charge in [0, 0.05) is 0 Å². The van der Waals surface area contributed by atoms with E-state index in [9.17, 15) is 23.1 Å². The minimum Gasteiger partial charge on any atom is -0.507 e. The fourth-order valence-electron chi connectivity index (χ4n) is 1.46. The SMILES string of the molecule is COC(=O)CN(CC(=O)OC)S(=O)(=O)c1ccccc1O. The van der Waals surface area contributed by atoms with Gasteiger partial charge in [0.25, 0.3) is 0 Å². The van der Waals surface area contributed by atoms with Crippen LogP contribution in [0.1, 0.15) is 0 Å². The number of phenols is 1. The molecule has 0 bridgehead atoms. The van der Waals surface area contributed by atoms with Crippen LogP contribution in [0.4, 0.5) is 0 Å². The first-order chi connectivity index (χ1) is 9.82. The highest BCUT2D eigenvalue weighted by Crippen LogP contribution is 2.25. The summed E-state index contributed by atoms with van der Waals surface area (Å²) in [6.07, 6.45) is 0. The molecule has 1 N–H and O–H groups in total. The van der Waals surface area contributed by atoms with E-state index < -0.39 is 45.7 Å². The summed E-state index contributed by atoms with van der Waals surface area (Å²) in [5, 5.41) is 9.64. The predicted molar refractivity (Wildman–Crippen MR) is 70.9 cm³/mol. The number of methoxy groups -OCH3 is 2. The Bertz CT molecular complexity index is 608. The lowest BCUT2D eigenvalue weighted by molar-refractivity contribution is -0.143. The molecule has 8 nitrogen and oxygen atoms in total. The number of para-hydroxylation sites is 1. The van der Waals surface area contributed by atoms with Crippen molar-refractivity contribution in [1.82, 2.24) is 4.31 Å². The number of sulfonamides is 1. The molecule has 1 rings (SSSR count). The molecule has 0 aliphatic heterocycles. The largest absolute Gasteiger partial charge is 0.507 e. The van der Waals surface area contributed by atoms with Crippen LogP contribution in [0.2, 0.25) is 0 Å². The molecule has 1 aromatic rings. The van der Waals surface area contributed by atoms with Crippen LogP contribution in [0, 0.1) is 0 Å². The van der Waals surface area contributed by atoms with Crippen LogP contribution in [0.15, 0.2) is 29.2 Å². The molecule has 0 radical (unpaired) electrons. The number of esters is 2. The normalized spacial score (nSPS) is 11.2. The molecular formula is C12H15NO7S. The highest BCUT2D eigenvalue weighted by Gasteiger charge is 2.31. The number of phenolic OH excluding ortho intramolecular Hbond substituents is 1. The van der Waals surface area contributed by atoms with Gasteiger partial charge in [-0.1, -0.05) is 12.1 Å². The zero-order valence-corrected chi connectivity index (χ0v) is 12.3. The lowest BCUT2D eigenvalue weighted by Crippen LogP contribution is -2.40. The van der Waals surface area contributed by atoms with Gasteiger partial charge in [0.15, 0.2) is 0 Å². The first kappa shape index (κ1) is 16.9. The summed E-state index contributed by atoms with van der Waals surface area (Å²) in [6, 6.07) is 5.19. The number of hydrogen-bond donors (Lipinski definition) is 1. The Labute approximate surface area is 121 Å². The van der Waals surface area contributed by atoms with Gasteiger partial charge in [0.1, 0.15) is 23.7 Å². The van der Waals surface area contributed by atoms with Gasteiger partial charge in [-0.15, -0.1) is 0 Å². The Hall–Kier alpha value is -2.13. The third kappa shape index (κ3) is 4.17. The van der Waals surface area contributed by atoms with Crippen molar-refractivity contribution in [2.45, 2.75) is 4.90 Å². The summed E-state index contributed by atoms with van der Waals surface area (Å²) < 4.78 is 34.2. The molecule has 21 heavy (non-hydrogen) atoms. The lowest BCUT2D eigenvalue weighted by Gasteiger charge is -2.20. The molecule has 1 aromatic carbocycles. The quantitative estimate of drug-likeness (QED) is 0.719. The number of ether oxygens (including phenoxy) is 2. The summed E-state index contributed by atoms with van der Waals surface area (Å²) in [6.45, 7) is -1.36. The van der Waals surface area contributed by atoms with Gasteiger partial charge in [-0.3, -0.25) is 9.59 Å². The Kier molecular flexibility index (Phi) is 5.68. The number of aromatic hydroxyl groups is 1. The Morgan fingerprint density at radius 3 is 2.00 bits per heavy atom. The molecule has 0 spiro atoms. The smallest absolute Gasteiger partial charge is 0.321 e.